The zero-order chi connectivity index (χ0) is 14.7. The van der Waals surface area contributed by atoms with E-state index in [0.717, 1.165) is 17.7 Å². The van der Waals surface area contributed by atoms with Crippen molar-refractivity contribution >= 4 is 18.3 Å². The molecular formula is C17H25ClN2O2. The molecule has 0 spiro atoms. The Kier molecular flexibility index (Phi) is 6.09. The van der Waals surface area contributed by atoms with Crippen LogP contribution in [0.1, 0.15) is 37.7 Å². The summed E-state index contributed by atoms with van der Waals surface area (Å²) in [6.45, 7) is 0.524. The van der Waals surface area contributed by atoms with Gasteiger partial charge in [-0.2, -0.15) is 0 Å². The lowest BCUT2D eigenvalue weighted by Gasteiger charge is -2.24. The number of amides is 1. The molecule has 0 radical (unpaired) electrons. The molecule has 1 aromatic carbocycles. The second-order valence-corrected chi connectivity index (χ2v) is 6.14. The number of nitrogens with one attached hydrogen (secondary N) is 2. The zero-order valence-electron chi connectivity index (χ0n) is 13.0. The van der Waals surface area contributed by atoms with E-state index in [4.69, 9.17) is 4.74 Å². The number of ether oxygens (including phenoxy) is 1. The maximum atomic E-state index is 12.3. The second kappa shape index (κ2) is 7.84. The lowest BCUT2D eigenvalue weighted by Crippen LogP contribution is -2.42. The third-order valence-corrected chi connectivity index (χ3v) is 4.82. The van der Waals surface area contributed by atoms with Crippen molar-refractivity contribution in [3.8, 4) is 5.75 Å². The molecule has 1 saturated heterocycles. The minimum Gasteiger partial charge on any atom is -0.496 e. The summed E-state index contributed by atoms with van der Waals surface area (Å²) < 4.78 is 5.31. The van der Waals surface area contributed by atoms with Gasteiger partial charge < -0.3 is 15.4 Å². The largest absolute Gasteiger partial charge is 0.496 e. The summed E-state index contributed by atoms with van der Waals surface area (Å²) in [5.41, 5.74) is 1.02. The maximum absolute atomic E-state index is 12.3. The first-order chi connectivity index (χ1) is 10.3. The topological polar surface area (TPSA) is 50.4 Å². The van der Waals surface area contributed by atoms with Gasteiger partial charge in [0, 0.05) is 18.2 Å². The molecule has 3 unspecified atom stereocenters. The molecule has 1 heterocycles. The quantitative estimate of drug-likeness (QED) is 0.895. The SMILES string of the molecule is COc1ccccc1CNC(=O)C1CC2CCCCC2N1.Cl. The van der Waals surface area contributed by atoms with Gasteiger partial charge in [0.05, 0.1) is 13.2 Å². The molecule has 0 aromatic heterocycles. The Bertz CT molecular complexity index is 495. The van der Waals surface area contributed by atoms with Gasteiger partial charge in [-0.1, -0.05) is 31.0 Å². The van der Waals surface area contributed by atoms with Crippen LogP contribution in [-0.2, 0) is 11.3 Å². The van der Waals surface area contributed by atoms with Gasteiger partial charge in [-0.15, -0.1) is 12.4 Å². The van der Waals surface area contributed by atoms with Crippen LogP contribution in [-0.4, -0.2) is 25.1 Å². The summed E-state index contributed by atoms with van der Waals surface area (Å²) in [6.07, 6.45) is 6.10. The molecule has 2 N–H and O–H groups in total. The van der Waals surface area contributed by atoms with Crippen molar-refractivity contribution in [3.05, 3.63) is 29.8 Å². The number of para-hydroxylation sites is 1. The van der Waals surface area contributed by atoms with E-state index in [1.165, 1.54) is 25.7 Å². The molecule has 1 saturated carbocycles. The van der Waals surface area contributed by atoms with E-state index in [9.17, 15) is 4.79 Å². The van der Waals surface area contributed by atoms with Crippen LogP contribution in [0.4, 0.5) is 0 Å². The van der Waals surface area contributed by atoms with E-state index in [2.05, 4.69) is 10.6 Å². The van der Waals surface area contributed by atoms with Crippen molar-refractivity contribution in [2.45, 2.75) is 50.7 Å². The number of hydrogen-bond donors (Lipinski definition) is 2. The molecule has 22 heavy (non-hydrogen) atoms. The molecule has 3 rings (SSSR count). The predicted molar refractivity (Wildman–Crippen MR) is 89.4 cm³/mol. The Morgan fingerprint density at radius 1 is 1.32 bits per heavy atom. The number of carbonyl (C=O) groups is 1. The Hall–Kier alpha value is -1.26. The Morgan fingerprint density at radius 3 is 2.86 bits per heavy atom. The monoisotopic (exact) mass is 324 g/mol. The molecule has 2 aliphatic rings. The van der Waals surface area contributed by atoms with Crippen LogP contribution in [0.15, 0.2) is 24.3 Å². The van der Waals surface area contributed by atoms with Gasteiger partial charge in [-0.25, -0.2) is 0 Å². The maximum Gasteiger partial charge on any atom is 0.237 e. The highest BCUT2D eigenvalue weighted by Crippen LogP contribution is 2.33. The molecule has 1 aromatic rings. The van der Waals surface area contributed by atoms with E-state index in [1.54, 1.807) is 7.11 Å². The van der Waals surface area contributed by atoms with Gasteiger partial charge in [0.1, 0.15) is 5.75 Å². The summed E-state index contributed by atoms with van der Waals surface area (Å²) in [4.78, 5) is 12.3. The van der Waals surface area contributed by atoms with Gasteiger partial charge in [-0.3, -0.25) is 4.79 Å². The fraction of sp³-hybridized carbons (Fsp3) is 0.588. The van der Waals surface area contributed by atoms with Crippen molar-refractivity contribution in [1.82, 2.24) is 10.6 Å². The number of carbonyl (C=O) groups excluding carboxylic acids is 1. The van der Waals surface area contributed by atoms with Crippen LogP contribution in [0.2, 0.25) is 0 Å². The van der Waals surface area contributed by atoms with Gasteiger partial charge in [0.15, 0.2) is 0 Å². The smallest absolute Gasteiger partial charge is 0.237 e. The molecule has 1 aliphatic heterocycles. The van der Waals surface area contributed by atoms with Gasteiger partial charge in [0.2, 0.25) is 5.91 Å². The fourth-order valence-corrected chi connectivity index (χ4v) is 3.68. The summed E-state index contributed by atoms with van der Waals surface area (Å²) in [7, 11) is 1.66. The lowest BCUT2D eigenvalue weighted by atomic mass is 9.85. The van der Waals surface area contributed by atoms with Gasteiger partial charge >= 0.3 is 0 Å². The highest BCUT2D eigenvalue weighted by atomic mass is 35.5. The minimum atomic E-state index is -0.0205. The van der Waals surface area contributed by atoms with Crippen molar-refractivity contribution in [2.24, 2.45) is 5.92 Å². The highest BCUT2D eigenvalue weighted by molar-refractivity contribution is 5.85. The van der Waals surface area contributed by atoms with Crippen LogP contribution >= 0.6 is 12.4 Å². The molecule has 3 atom stereocenters. The molecule has 1 amide bonds. The first-order valence-electron chi connectivity index (χ1n) is 7.93. The highest BCUT2D eigenvalue weighted by Gasteiger charge is 2.37. The zero-order valence-corrected chi connectivity index (χ0v) is 13.8. The molecule has 122 valence electrons. The third kappa shape index (κ3) is 3.73. The van der Waals surface area contributed by atoms with E-state index in [0.29, 0.717) is 18.5 Å². The third-order valence-electron chi connectivity index (χ3n) is 4.82. The number of halogens is 1. The number of rotatable bonds is 4. The summed E-state index contributed by atoms with van der Waals surface area (Å²) in [6, 6.07) is 8.35. The Balaban J connectivity index is 0.00000176. The van der Waals surface area contributed by atoms with E-state index < -0.39 is 0 Å². The van der Waals surface area contributed by atoms with Crippen LogP contribution in [0, 0.1) is 5.92 Å². The number of benzene rings is 1. The minimum absolute atomic E-state index is 0. The number of hydrogen-bond acceptors (Lipinski definition) is 3. The van der Waals surface area contributed by atoms with Crippen LogP contribution in [0.5, 0.6) is 5.75 Å². The number of fused-ring (bicyclic) bond motifs is 1. The summed E-state index contributed by atoms with van der Waals surface area (Å²) >= 11 is 0. The second-order valence-electron chi connectivity index (χ2n) is 6.14. The van der Waals surface area contributed by atoms with Crippen LogP contribution in [0.3, 0.4) is 0 Å². The van der Waals surface area contributed by atoms with E-state index >= 15 is 0 Å². The van der Waals surface area contributed by atoms with Gasteiger partial charge in [-0.05, 0) is 31.2 Å². The van der Waals surface area contributed by atoms with Crippen molar-refractivity contribution in [3.63, 3.8) is 0 Å². The molecule has 1 aliphatic carbocycles. The standard InChI is InChI=1S/C17H24N2O2.ClH/c1-21-16-9-5-3-7-13(16)11-18-17(20)15-10-12-6-2-4-8-14(12)19-15;/h3,5,7,9,12,14-15,19H,2,4,6,8,10-11H2,1H3,(H,18,20);1H. The predicted octanol–water partition coefficient (Wildman–Crippen LogP) is 2.65. The van der Waals surface area contributed by atoms with E-state index in [1.807, 2.05) is 24.3 Å². The fourth-order valence-electron chi connectivity index (χ4n) is 3.68. The average molecular weight is 325 g/mol. The molecule has 4 nitrogen and oxygen atoms in total. The van der Waals surface area contributed by atoms with Crippen molar-refractivity contribution in [1.29, 1.82) is 0 Å². The Morgan fingerprint density at radius 2 is 2.09 bits per heavy atom. The molecular weight excluding hydrogens is 300 g/mol. The average Bonchev–Trinajstić information content (AvgIpc) is 2.97. The first kappa shape index (κ1) is 17.1. The van der Waals surface area contributed by atoms with Crippen LogP contribution in [0.25, 0.3) is 0 Å². The van der Waals surface area contributed by atoms with Crippen molar-refractivity contribution in [2.75, 3.05) is 7.11 Å². The lowest BCUT2D eigenvalue weighted by molar-refractivity contribution is -0.123. The Labute approximate surface area is 138 Å². The molecule has 0 bridgehead atoms. The van der Waals surface area contributed by atoms with Crippen molar-refractivity contribution < 1.29 is 9.53 Å². The van der Waals surface area contributed by atoms with Gasteiger partial charge in [0.25, 0.3) is 0 Å². The first-order valence-corrected chi connectivity index (χ1v) is 7.93. The molecule has 2 fully saturated rings. The normalized spacial score (nSPS) is 26.7. The summed E-state index contributed by atoms with van der Waals surface area (Å²) in [5, 5.41) is 6.56. The number of methoxy groups -OCH3 is 1. The van der Waals surface area contributed by atoms with Crippen LogP contribution < -0.4 is 15.4 Å². The van der Waals surface area contributed by atoms with E-state index in [-0.39, 0.29) is 24.4 Å². The molecule has 5 heteroatoms. The summed E-state index contributed by atoms with van der Waals surface area (Å²) in [5.74, 6) is 1.64.